The Hall–Kier alpha value is -2.14. The van der Waals surface area contributed by atoms with Gasteiger partial charge in [0, 0.05) is 10.9 Å². The van der Waals surface area contributed by atoms with E-state index in [4.69, 9.17) is 5.73 Å². The van der Waals surface area contributed by atoms with Crippen molar-refractivity contribution in [1.29, 1.82) is 0 Å². The second-order valence-electron chi connectivity index (χ2n) is 4.32. The molecule has 1 aromatic carbocycles. The van der Waals surface area contributed by atoms with E-state index in [0.29, 0.717) is 5.69 Å². The van der Waals surface area contributed by atoms with Gasteiger partial charge in [-0.1, -0.05) is 0 Å². The molecule has 96 valence electrons. The molecule has 0 fully saturated rings. The predicted molar refractivity (Wildman–Crippen MR) is 76.0 cm³/mol. The van der Waals surface area contributed by atoms with Gasteiger partial charge in [0.05, 0.1) is 17.6 Å². The fourth-order valence-corrected chi connectivity index (χ4v) is 2.65. The maximum atomic E-state index is 13.1. The van der Waals surface area contributed by atoms with Crippen molar-refractivity contribution in [2.24, 2.45) is 0 Å². The van der Waals surface area contributed by atoms with Gasteiger partial charge in [-0.05, 0) is 42.1 Å². The third-order valence-corrected chi connectivity index (χ3v) is 3.63. The lowest BCUT2D eigenvalue weighted by atomic mass is 10.2. The van der Waals surface area contributed by atoms with Crippen LogP contribution in [0, 0.1) is 12.7 Å². The number of nitrogens with two attached hydrogens (primary N) is 1. The standard InChI is InChI=1S/C14H12FN3S/c1-9-6-11(15)2-3-13(9)18-7-12(16)14(17-18)10-4-5-19-8-10/h2-8H,16H2,1H3. The van der Waals surface area contributed by atoms with E-state index < -0.39 is 0 Å². The Labute approximate surface area is 114 Å². The number of hydrogen-bond donors (Lipinski definition) is 1. The normalized spacial score (nSPS) is 10.8. The lowest BCUT2D eigenvalue weighted by molar-refractivity contribution is 0.625. The summed E-state index contributed by atoms with van der Waals surface area (Å²) in [4.78, 5) is 0. The maximum absolute atomic E-state index is 13.1. The number of aryl methyl sites for hydroxylation is 1. The summed E-state index contributed by atoms with van der Waals surface area (Å²) in [5.74, 6) is -0.251. The average molecular weight is 273 g/mol. The van der Waals surface area contributed by atoms with Crippen LogP contribution in [0.1, 0.15) is 5.56 Å². The molecule has 0 spiro atoms. The van der Waals surface area contributed by atoms with E-state index in [1.165, 1.54) is 12.1 Å². The zero-order valence-electron chi connectivity index (χ0n) is 10.3. The molecule has 3 rings (SSSR count). The van der Waals surface area contributed by atoms with Crippen LogP contribution in [0.3, 0.4) is 0 Å². The van der Waals surface area contributed by atoms with Gasteiger partial charge in [0.1, 0.15) is 11.5 Å². The van der Waals surface area contributed by atoms with E-state index in [-0.39, 0.29) is 5.82 Å². The maximum Gasteiger partial charge on any atom is 0.123 e. The van der Waals surface area contributed by atoms with Crippen molar-refractivity contribution in [2.45, 2.75) is 6.92 Å². The molecule has 0 aliphatic heterocycles. The highest BCUT2D eigenvalue weighted by molar-refractivity contribution is 7.08. The second kappa shape index (κ2) is 4.51. The molecule has 0 atom stereocenters. The third kappa shape index (κ3) is 2.13. The molecule has 3 aromatic rings. The number of nitrogens with zero attached hydrogens (tertiary/aromatic N) is 2. The summed E-state index contributed by atoms with van der Waals surface area (Å²) in [5.41, 5.74) is 10.0. The number of hydrogen-bond acceptors (Lipinski definition) is 3. The Morgan fingerprint density at radius 3 is 2.84 bits per heavy atom. The molecule has 0 radical (unpaired) electrons. The molecule has 0 aliphatic carbocycles. The minimum atomic E-state index is -0.251. The first-order valence-electron chi connectivity index (χ1n) is 5.79. The number of anilines is 1. The van der Waals surface area contributed by atoms with Crippen molar-refractivity contribution >= 4 is 17.0 Å². The van der Waals surface area contributed by atoms with Crippen LogP contribution >= 0.6 is 11.3 Å². The molecular weight excluding hydrogens is 261 g/mol. The number of benzene rings is 1. The molecule has 0 saturated carbocycles. The molecule has 3 nitrogen and oxygen atoms in total. The van der Waals surface area contributed by atoms with E-state index in [1.807, 2.05) is 23.8 Å². The first-order chi connectivity index (χ1) is 9.15. The lowest BCUT2D eigenvalue weighted by Crippen LogP contribution is -1.98. The molecule has 0 aliphatic rings. The molecule has 0 saturated heterocycles. The molecule has 2 heterocycles. The van der Waals surface area contributed by atoms with Gasteiger partial charge in [-0.25, -0.2) is 9.07 Å². The number of rotatable bonds is 2. The van der Waals surface area contributed by atoms with Gasteiger partial charge in [-0.3, -0.25) is 0 Å². The minimum absolute atomic E-state index is 0.251. The monoisotopic (exact) mass is 273 g/mol. The summed E-state index contributed by atoms with van der Waals surface area (Å²) < 4.78 is 14.8. The molecule has 2 N–H and O–H groups in total. The largest absolute Gasteiger partial charge is 0.396 e. The molecule has 0 unspecified atom stereocenters. The fraction of sp³-hybridized carbons (Fsp3) is 0.0714. The van der Waals surface area contributed by atoms with Crippen molar-refractivity contribution in [3.63, 3.8) is 0 Å². The van der Waals surface area contributed by atoms with Gasteiger partial charge in [0.15, 0.2) is 0 Å². The van der Waals surface area contributed by atoms with E-state index in [9.17, 15) is 4.39 Å². The average Bonchev–Trinajstić information content (AvgIpc) is 2.98. The van der Waals surface area contributed by atoms with Crippen LogP contribution in [0.5, 0.6) is 0 Å². The molecule has 0 amide bonds. The number of halogens is 1. The lowest BCUT2D eigenvalue weighted by Gasteiger charge is -2.05. The van der Waals surface area contributed by atoms with Crippen LogP contribution in [0.4, 0.5) is 10.1 Å². The molecule has 0 bridgehead atoms. The van der Waals surface area contributed by atoms with Crippen molar-refractivity contribution in [3.05, 3.63) is 52.6 Å². The van der Waals surface area contributed by atoms with Gasteiger partial charge in [0.2, 0.25) is 0 Å². The molecule has 5 heteroatoms. The zero-order valence-corrected chi connectivity index (χ0v) is 11.1. The predicted octanol–water partition coefficient (Wildman–Crippen LogP) is 3.63. The van der Waals surface area contributed by atoms with Crippen molar-refractivity contribution in [3.8, 4) is 16.9 Å². The summed E-state index contributed by atoms with van der Waals surface area (Å²) in [7, 11) is 0. The van der Waals surface area contributed by atoms with Crippen molar-refractivity contribution in [2.75, 3.05) is 5.73 Å². The number of aromatic nitrogens is 2. The van der Waals surface area contributed by atoms with Crippen LogP contribution in [0.25, 0.3) is 16.9 Å². The van der Waals surface area contributed by atoms with Crippen molar-refractivity contribution < 1.29 is 4.39 Å². The summed E-state index contributed by atoms with van der Waals surface area (Å²) >= 11 is 1.60. The summed E-state index contributed by atoms with van der Waals surface area (Å²) in [6.45, 7) is 1.85. The summed E-state index contributed by atoms with van der Waals surface area (Å²) in [5, 5.41) is 8.47. The number of nitrogen functional groups attached to an aromatic ring is 1. The summed E-state index contributed by atoms with van der Waals surface area (Å²) in [6.07, 6.45) is 1.76. The fourth-order valence-electron chi connectivity index (χ4n) is 2.01. The Morgan fingerprint density at radius 1 is 1.32 bits per heavy atom. The zero-order chi connectivity index (χ0) is 13.4. The summed E-state index contributed by atoms with van der Waals surface area (Å²) in [6, 6.07) is 6.58. The minimum Gasteiger partial charge on any atom is -0.396 e. The second-order valence-corrected chi connectivity index (χ2v) is 5.10. The van der Waals surface area contributed by atoms with Gasteiger partial charge < -0.3 is 5.73 Å². The van der Waals surface area contributed by atoms with Crippen LogP contribution < -0.4 is 5.73 Å². The van der Waals surface area contributed by atoms with Gasteiger partial charge in [-0.2, -0.15) is 16.4 Å². The van der Waals surface area contributed by atoms with Gasteiger partial charge >= 0.3 is 0 Å². The highest BCUT2D eigenvalue weighted by Gasteiger charge is 2.11. The van der Waals surface area contributed by atoms with E-state index in [0.717, 1.165) is 22.5 Å². The molecule has 2 aromatic heterocycles. The quantitative estimate of drug-likeness (QED) is 0.774. The first-order valence-corrected chi connectivity index (χ1v) is 6.73. The third-order valence-electron chi connectivity index (χ3n) is 2.94. The van der Waals surface area contributed by atoms with Crippen molar-refractivity contribution in [1.82, 2.24) is 9.78 Å². The number of thiophene rings is 1. The smallest absolute Gasteiger partial charge is 0.123 e. The van der Waals surface area contributed by atoms with E-state index in [1.54, 1.807) is 28.3 Å². The van der Waals surface area contributed by atoms with E-state index in [2.05, 4.69) is 5.10 Å². The first kappa shape index (κ1) is 11.9. The van der Waals surface area contributed by atoms with Gasteiger partial charge in [-0.15, -0.1) is 0 Å². The van der Waals surface area contributed by atoms with Crippen LogP contribution in [0.2, 0.25) is 0 Å². The molecular formula is C14H12FN3S. The Balaban J connectivity index is 2.10. The van der Waals surface area contributed by atoms with Crippen LogP contribution in [-0.2, 0) is 0 Å². The Kier molecular flexibility index (Phi) is 2.83. The van der Waals surface area contributed by atoms with Crippen LogP contribution in [-0.4, -0.2) is 9.78 Å². The topological polar surface area (TPSA) is 43.8 Å². The Bertz CT molecular complexity index is 716. The van der Waals surface area contributed by atoms with Gasteiger partial charge in [0.25, 0.3) is 0 Å². The highest BCUT2D eigenvalue weighted by atomic mass is 32.1. The Morgan fingerprint density at radius 2 is 2.16 bits per heavy atom. The van der Waals surface area contributed by atoms with E-state index >= 15 is 0 Å². The SMILES string of the molecule is Cc1cc(F)ccc1-n1cc(N)c(-c2ccsc2)n1. The highest BCUT2D eigenvalue weighted by Crippen LogP contribution is 2.27. The van der Waals surface area contributed by atoms with Crippen LogP contribution in [0.15, 0.2) is 41.2 Å². The molecule has 19 heavy (non-hydrogen) atoms.